The first kappa shape index (κ1) is 21.9. The molecule has 0 aliphatic carbocycles. The van der Waals surface area contributed by atoms with Crippen LogP contribution in [0.3, 0.4) is 0 Å². The Kier molecular flexibility index (Phi) is 11.0. The van der Waals surface area contributed by atoms with Gasteiger partial charge < -0.3 is 15.8 Å². The van der Waals surface area contributed by atoms with Gasteiger partial charge in [0, 0.05) is 23.5 Å². The maximum absolute atomic E-state index is 11.5. The molecule has 0 radical (unpaired) electrons. The Morgan fingerprint density at radius 2 is 2.00 bits per heavy atom. The molecule has 0 saturated carbocycles. The van der Waals surface area contributed by atoms with Crippen LogP contribution in [0.4, 0.5) is 0 Å². The lowest BCUT2D eigenvalue weighted by molar-refractivity contribution is -0.120. The van der Waals surface area contributed by atoms with Crippen LogP contribution in [0.1, 0.15) is 10.7 Å². The first-order valence-electron chi connectivity index (χ1n) is 6.46. The third-order valence-electron chi connectivity index (χ3n) is 2.58. The van der Waals surface area contributed by atoms with Crippen LogP contribution in [0, 0.1) is 0 Å². The standard InChI is InChI=1S/C14H16ClN3O2S.2ClH/c15-10-1-3-12(4-2-10)20-8-14-18-11(9-21-14)7-13(19)17-6-5-16;;/h1-4,9H,5-8,16H2,(H,17,19);2*1H. The number of nitrogens with two attached hydrogens (primary N) is 1. The second kappa shape index (κ2) is 11.5. The predicted molar refractivity (Wildman–Crippen MR) is 98.2 cm³/mol. The fourth-order valence-corrected chi connectivity index (χ4v) is 2.44. The maximum atomic E-state index is 11.5. The number of carbonyl (C=O) groups is 1. The number of aromatic nitrogens is 1. The average Bonchev–Trinajstić information content (AvgIpc) is 2.92. The summed E-state index contributed by atoms with van der Waals surface area (Å²) in [7, 11) is 0. The molecule has 128 valence electrons. The summed E-state index contributed by atoms with van der Waals surface area (Å²) in [5.41, 5.74) is 6.07. The van der Waals surface area contributed by atoms with Crippen molar-refractivity contribution >= 4 is 53.7 Å². The molecule has 2 aromatic rings. The summed E-state index contributed by atoms with van der Waals surface area (Å²) in [6, 6.07) is 7.14. The highest BCUT2D eigenvalue weighted by Gasteiger charge is 2.07. The Hall–Kier alpha value is -1.05. The molecule has 1 aromatic carbocycles. The van der Waals surface area contributed by atoms with Crippen molar-refractivity contribution in [2.75, 3.05) is 13.1 Å². The van der Waals surface area contributed by atoms with Gasteiger partial charge in [-0.25, -0.2) is 4.98 Å². The zero-order valence-electron chi connectivity index (χ0n) is 12.2. The number of nitrogens with one attached hydrogen (secondary N) is 1. The van der Waals surface area contributed by atoms with Gasteiger partial charge in [0.05, 0.1) is 12.1 Å². The van der Waals surface area contributed by atoms with E-state index in [1.807, 2.05) is 5.38 Å². The first-order chi connectivity index (χ1) is 10.2. The molecule has 3 N–H and O–H groups in total. The summed E-state index contributed by atoms with van der Waals surface area (Å²) in [6.45, 7) is 1.29. The van der Waals surface area contributed by atoms with Crippen molar-refractivity contribution in [3.63, 3.8) is 0 Å². The van der Waals surface area contributed by atoms with Crippen LogP contribution in [-0.4, -0.2) is 24.0 Å². The van der Waals surface area contributed by atoms with Crippen LogP contribution in [0.2, 0.25) is 5.02 Å². The minimum atomic E-state index is -0.0732. The number of rotatable bonds is 7. The second-order valence-electron chi connectivity index (χ2n) is 4.29. The molecule has 1 aromatic heterocycles. The monoisotopic (exact) mass is 397 g/mol. The first-order valence-corrected chi connectivity index (χ1v) is 7.71. The van der Waals surface area contributed by atoms with Crippen molar-refractivity contribution in [3.8, 4) is 5.75 Å². The van der Waals surface area contributed by atoms with Gasteiger partial charge >= 0.3 is 0 Å². The molecular formula is C14H18Cl3N3O2S. The Morgan fingerprint density at radius 1 is 1.30 bits per heavy atom. The molecule has 23 heavy (non-hydrogen) atoms. The van der Waals surface area contributed by atoms with E-state index in [1.165, 1.54) is 11.3 Å². The van der Waals surface area contributed by atoms with Gasteiger partial charge in [-0.3, -0.25) is 4.79 Å². The van der Waals surface area contributed by atoms with Gasteiger partial charge in [-0.05, 0) is 24.3 Å². The maximum Gasteiger partial charge on any atom is 0.226 e. The van der Waals surface area contributed by atoms with Crippen molar-refractivity contribution in [2.24, 2.45) is 5.73 Å². The summed E-state index contributed by atoms with van der Waals surface area (Å²) in [6.07, 6.45) is 0.261. The second-order valence-corrected chi connectivity index (χ2v) is 5.67. The Labute approximate surface area is 156 Å². The Bertz CT molecular complexity index is 593. The highest BCUT2D eigenvalue weighted by Crippen LogP contribution is 2.18. The molecule has 1 amide bonds. The van der Waals surface area contributed by atoms with Gasteiger partial charge in [-0.15, -0.1) is 36.2 Å². The average molecular weight is 399 g/mol. The predicted octanol–water partition coefficient (Wildman–Crippen LogP) is 2.84. The molecular weight excluding hydrogens is 381 g/mol. The van der Waals surface area contributed by atoms with Crippen molar-refractivity contribution in [2.45, 2.75) is 13.0 Å². The van der Waals surface area contributed by atoms with Crippen molar-refractivity contribution in [1.29, 1.82) is 0 Å². The van der Waals surface area contributed by atoms with E-state index in [4.69, 9.17) is 22.1 Å². The van der Waals surface area contributed by atoms with E-state index in [2.05, 4.69) is 10.3 Å². The summed E-state index contributed by atoms with van der Waals surface area (Å²) in [5.74, 6) is 0.660. The highest BCUT2D eigenvalue weighted by molar-refractivity contribution is 7.09. The number of ether oxygens (including phenoxy) is 1. The molecule has 2 rings (SSSR count). The molecule has 9 heteroatoms. The van der Waals surface area contributed by atoms with Crippen LogP contribution in [-0.2, 0) is 17.8 Å². The molecule has 0 aliphatic heterocycles. The largest absolute Gasteiger partial charge is 0.486 e. The van der Waals surface area contributed by atoms with E-state index >= 15 is 0 Å². The Balaban J connectivity index is 0.00000242. The van der Waals surface area contributed by atoms with E-state index in [-0.39, 0.29) is 37.1 Å². The van der Waals surface area contributed by atoms with E-state index < -0.39 is 0 Å². The topological polar surface area (TPSA) is 77.2 Å². The van der Waals surface area contributed by atoms with Gasteiger partial charge in [-0.2, -0.15) is 0 Å². The SMILES string of the molecule is Cl.Cl.NCCNC(=O)Cc1csc(COc2ccc(Cl)cc2)n1. The molecule has 0 saturated heterocycles. The van der Waals surface area contributed by atoms with Crippen LogP contribution < -0.4 is 15.8 Å². The lowest BCUT2D eigenvalue weighted by atomic mass is 10.3. The van der Waals surface area contributed by atoms with Crippen LogP contribution in [0.5, 0.6) is 5.75 Å². The molecule has 0 fully saturated rings. The van der Waals surface area contributed by atoms with Gasteiger partial charge in [0.1, 0.15) is 17.4 Å². The molecule has 0 bridgehead atoms. The van der Waals surface area contributed by atoms with Crippen molar-refractivity contribution in [1.82, 2.24) is 10.3 Å². The van der Waals surface area contributed by atoms with Crippen molar-refractivity contribution < 1.29 is 9.53 Å². The van der Waals surface area contributed by atoms with Crippen molar-refractivity contribution in [3.05, 3.63) is 45.4 Å². The molecule has 5 nitrogen and oxygen atoms in total. The zero-order valence-corrected chi connectivity index (χ0v) is 15.4. The number of hydrogen-bond acceptors (Lipinski definition) is 5. The van der Waals surface area contributed by atoms with Gasteiger partial charge in [0.2, 0.25) is 5.91 Å². The quantitative estimate of drug-likeness (QED) is 0.752. The molecule has 0 atom stereocenters. The normalized spacial score (nSPS) is 9.48. The van der Waals surface area contributed by atoms with Gasteiger partial charge in [0.25, 0.3) is 0 Å². The third kappa shape index (κ3) is 7.85. The minimum Gasteiger partial charge on any atom is -0.486 e. The Morgan fingerprint density at radius 3 is 2.65 bits per heavy atom. The van der Waals surface area contributed by atoms with E-state index in [1.54, 1.807) is 24.3 Å². The van der Waals surface area contributed by atoms with E-state index in [0.717, 1.165) is 16.5 Å². The third-order valence-corrected chi connectivity index (χ3v) is 3.71. The number of hydrogen-bond donors (Lipinski definition) is 2. The fraction of sp³-hybridized carbons (Fsp3) is 0.286. The lowest BCUT2D eigenvalue weighted by Gasteiger charge is -2.03. The molecule has 0 unspecified atom stereocenters. The summed E-state index contributed by atoms with van der Waals surface area (Å²) in [4.78, 5) is 15.9. The molecule has 1 heterocycles. The minimum absolute atomic E-state index is 0. The number of benzene rings is 1. The summed E-state index contributed by atoms with van der Waals surface area (Å²) in [5, 5.41) is 6.07. The number of amides is 1. The van der Waals surface area contributed by atoms with E-state index in [0.29, 0.717) is 24.7 Å². The van der Waals surface area contributed by atoms with Crippen LogP contribution in [0.15, 0.2) is 29.6 Å². The van der Waals surface area contributed by atoms with Crippen LogP contribution in [0.25, 0.3) is 0 Å². The number of halogens is 3. The highest BCUT2D eigenvalue weighted by atomic mass is 35.5. The zero-order chi connectivity index (χ0) is 15.1. The van der Waals surface area contributed by atoms with Gasteiger partial charge in [-0.1, -0.05) is 11.6 Å². The summed E-state index contributed by atoms with van der Waals surface area (Å²) < 4.78 is 5.60. The number of thiazole rings is 1. The smallest absolute Gasteiger partial charge is 0.226 e. The van der Waals surface area contributed by atoms with Gasteiger partial charge in [0.15, 0.2) is 0 Å². The van der Waals surface area contributed by atoms with E-state index in [9.17, 15) is 4.79 Å². The molecule has 0 spiro atoms. The number of nitrogens with zero attached hydrogens (tertiary/aromatic N) is 1. The fourth-order valence-electron chi connectivity index (χ4n) is 1.61. The summed E-state index contributed by atoms with van der Waals surface area (Å²) >= 11 is 7.28. The lowest BCUT2D eigenvalue weighted by Crippen LogP contribution is -2.30. The van der Waals surface area contributed by atoms with Crippen LogP contribution >= 0.6 is 47.8 Å². The molecule has 0 aliphatic rings. The number of carbonyl (C=O) groups excluding carboxylic acids is 1.